The van der Waals surface area contributed by atoms with Crippen molar-refractivity contribution in [3.8, 4) is 35.8 Å². The third-order valence-electron chi connectivity index (χ3n) is 4.64. The number of benzene rings is 2. The van der Waals surface area contributed by atoms with E-state index in [1.807, 2.05) is 0 Å². The Morgan fingerprint density at radius 2 is 1.91 bits per heavy atom. The zero-order valence-corrected chi connectivity index (χ0v) is 18.7. The van der Waals surface area contributed by atoms with Crippen LogP contribution in [0.4, 0.5) is 10.1 Å². The number of carbonyl (C=O) groups is 2. The van der Waals surface area contributed by atoms with Gasteiger partial charge in [-0.3, -0.25) is 9.69 Å². The molecule has 2 aromatic rings. The molecule has 172 valence electrons. The molecular formula is C25H25FN2O5. The average Bonchev–Trinajstić information content (AvgIpc) is 2.82. The fraction of sp³-hybridized carbons (Fsp3) is 0.280. The lowest BCUT2D eigenvalue weighted by molar-refractivity contribution is 0.0600. The maximum atomic E-state index is 13.1. The fourth-order valence-corrected chi connectivity index (χ4v) is 3.09. The molecule has 8 heteroatoms. The molecule has 2 rings (SSSR count). The van der Waals surface area contributed by atoms with Crippen molar-refractivity contribution in [3.05, 3.63) is 52.8 Å². The highest BCUT2D eigenvalue weighted by Gasteiger charge is 2.22. The van der Waals surface area contributed by atoms with Crippen LogP contribution in [0.25, 0.3) is 0 Å². The second-order valence-corrected chi connectivity index (χ2v) is 6.75. The van der Waals surface area contributed by atoms with E-state index in [2.05, 4.69) is 17.9 Å². The number of terminal acetylenes is 1. The molecule has 0 atom stereocenters. The maximum Gasteiger partial charge on any atom is 0.340 e. The summed E-state index contributed by atoms with van der Waals surface area (Å²) in [6.45, 7) is 2.05. The molecule has 0 aliphatic rings. The van der Waals surface area contributed by atoms with E-state index in [0.29, 0.717) is 23.3 Å². The Balaban J connectivity index is 2.17. The molecule has 0 heterocycles. The van der Waals surface area contributed by atoms with Gasteiger partial charge < -0.3 is 19.9 Å². The van der Waals surface area contributed by atoms with Gasteiger partial charge in [0.2, 0.25) is 0 Å². The molecule has 0 aliphatic heterocycles. The van der Waals surface area contributed by atoms with Crippen molar-refractivity contribution in [2.45, 2.75) is 19.8 Å². The van der Waals surface area contributed by atoms with Crippen molar-refractivity contribution in [2.24, 2.45) is 0 Å². The number of hydrogen-bond donors (Lipinski definition) is 1. The predicted octanol–water partition coefficient (Wildman–Crippen LogP) is 3.27. The Hall–Kier alpha value is -4.17. The molecule has 1 amide bonds. The Labute approximate surface area is 192 Å². The van der Waals surface area contributed by atoms with Crippen LogP contribution in [0.1, 0.15) is 39.6 Å². The standard InChI is InChI=1S/C25H25FN2O5/c1-5-8-19-22(27)20(25(30)32-4)16-21(23(19)31-3)33-15-7-14-28(13-6-2)24(29)17-9-11-18(26)12-10-17/h1,9-12,16H,7-8,14-15,27H2,2-4H3. The summed E-state index contributed by atoms with van der Waals surface area (Å²) in [5, 5.41) is 0. The van der Waals surface area contributed by atoms with Crippen LogP contribution >= 0.6 is 0 Å². The number of nitrogens with two attached hydrogens (primary N) is 1. The van der Waals surface area contributed by atoms with Gasteiger partial charge in [-0.05, 0) is 31.2 Å². The molecule has 2 aromatic carbocycles. The van der Waals surface area contributed by atoms with E-state index in [0.717, 1.165) is 0 Å². The number of nitrogen functional groups attached to an aromatic ring is 1. The largest absolute Gasteiger partial charge is 0.492 e. The average molecular weight is 452 g/mol. The molecule has 0 aromatic heterocycles. The van der Waals surface area contributed by atoms with Gasteiger partial charge >= 0.3 is 5.97 Å². The van der Waals surface area contributed by atoms with Gasteiger partial charge in [-0.1, -0.05) is 5.92 Å². The second-order valence-electron chi connectivity index (χ2n) is 6.75. The molecule has 0 radical (unpaired) electrons. The number of rotatable bonds is 9. The summed E-state index contributed by atoms with van der Waals surface area (Å²) in [6, 6.07) is 9.42. The lowest BCUT2D eigenvalue weighted by atomic mass is 10.0. The minimum absolute atomic E-state index is 0.114. The summed E-state index contributed by atoms with van der Waals surface area (Å²) in [7, 11) is 2.69. The molecule has 0 saturated heterocycles. The van der Waals surface area contributed by atoms with Crippen LogP contribution in [-0.4, -0.2) is 44.1 Å². The number of halogens is 1. The topological polar surface area (TPSA) is 91.1 Å². The summed E-state index contributed by atoms with van der Waals surface area (Å²) in [5.41, 5.74) is 7.15. The maximum absolute atomic E-state index is 13.1. The lowest BCUT2D eigenvalue weighted by Crippen LogP contribution is -2.28. The Morgan fingerprint density at radius 1 is 1.21 bits per heavy atom. The number of amides is 1. The van der Waals surface area contributed by atoms with Crippen LogP contribution in [0.15, 0.2) is 30.3 Å². The number of methoxy groups -OCH3 is 2. The molecule has 0 spiro atoms. The normalized spacial score (nSPS) is 9.79. The number of esters is 1. The van der Waals surface area contributed by atoms with E-state index in [1.165, 1.54) is 49.5 Å². The summed E-state index contributed by atoms with van der Waals surface area (Å²) >= 11 is 0. The molecule has 33 heavy (non-hydrogen) atoms. The minimum Gasteiger partial charge on any atom is -0.492 e. The first-order chi connectivity index (χ1) is 15.9. The minimum atomic E-state index is -0.632. The first-order valence-corrected chi connectivity index (χ1v) is 10.0. The van der Waals surface area contributed by atoms with Crippen LogP contribution < -0.4 is 15.2 Å². The Kier molecular flexibility index (Phi) is 9.14. The predicted molar refractivity (Wildman–Crippen MR) is 122 cm³/mol. The SMILES string of the molecule is C#CCc1c(N)c(C(=O)OC)cc(OCCCN(C#CC)C(=O)c2ccc(F)cc2)c1OC. The van der Waals surface area contributed by atoms with Gasteiger partial charge in [0.15, 0.2) is 11.5 Å². The van der Waals surface area contributed by atoms with E-state index in [9.17, 15) is 14.0 Å². The molecular weight excluding hydrogens is 427 g/mol. The van der Waals surface area contributed by atoms with Gasteiger partial charge in [0, 0.05) is 42.6 Å². The van der Waals surface area contributed by atoms with Gasteiger partial charge in [0.1, 0.15) is 5.82 Å². The second kappa shape index (κ2) is 12.0. The van der Waals surface area contributed by atoms with Crippen molar-refractivity contribution < 1.29 is 28.2 Å². The number of anilines is 1. The van der Waals surface area contributed by atoms with Crippen molar-refractivity contribution >= 4 is 17.6 Å². The summed E-state index contributed by atoms with van der Waals surface area (Å²) < 4.78 is 29.2. The van der Waals surface area contributed by atoms with Crippen LogP contribution in [0.2, 0.25) is 0 Å². The van der Waals surface area contributed by atoms with Gasteiger partial charge in [0.25, 0.3) is 5.91 Å². The van der Waals surface area contributed by atoms with Crippen molar-refractivity contribution in [1.29, 1.82) is 0 Å². The quantitative estimate of drug-likeness (QED) is 0.206. The third-order valence-corrected chi connectivity index (χ3v) is 4.64. The van der Waals surface area contributed by atoms with Crippen LogP contribution in [0.3, 0.4) is 0 Å². The molecule has 0 saturated carbocycles. The monoisotopic (exact) mass is 452 g/mol. The first-order valence-electron chi connectivity index (χ1n) is 10.0. The summed E-state index contributed by atoms with van der Waals surface area (Å²) in [6.07, 6.45) is 5.98. The number of hydrogen-bond acceptors (Lipinski definition) is 6. The van der Waals surface area contributed by atoms with Gasteiger partial charge in [0.05, 0.1) is 32.1 Å². The summed E-state index contributed by atoms with van der Waals surface area (Å²) in [4.78, 5) is 26.1. The highest BCUT2D eigenvalue weighted by molar-refractivity contribution is 5.97. The van der Waals surface area contributed by atoms with Crippen LogP contribution in [0.5, 0.6) is 11.5 Å². The van der Waals surface area contributed by atoms with Crippen molar-refractivity contribution in [3.63, 3.8) is 0 Å². The molecule has 7 nitrogen and oxygen atoms in total. The highest BCUT2D eigenvalue weighted by atomic mass is 19.1. The van der Waals surface area contributed by atoms with Crippen molar-refractivity contribution in [1.82, 2.24) is 4.90 Å². The number of ether oxygens (including phenoxy) is 3. The van der Waals surface area contributed by atoms with E-state index < -0.39 is 11.8 Å². The van der Waals surface area contributed by atoms with Crippen molar-refractivity contribution in [2.75, 3.05) is 33.1 Å². The molecule has 0 fully saturated rings. The highest BCUT2D eigenvalue weighted by Crippen LogP contribution is 2.38. The van der Waals surface area contributed by atoms with Gasteiger partial charge in [-0.2, -0.15) is 0 Å². The zero-order chi connectivity index (χ0) is 24.4. The van der Waals surface area contributed by atoms with E-state index in [1.54, 1.807) is 6.92 Å². The van der Waals surface area contributed by atoms with Crippen LogP contribution in [-0.2, 0) is 11.2 Å². The lowest BCUT2D eigenvalue weighted by Gasteiger charge is -2.19. The first kappa shape index (κ1) is 25.1. The smallest absolute Gasteiger partial charge is 0.340 e. The Morgan fingerprint density at radius 3 is 2.48 bits per heavy atom. The van der Waals surface area contributed by atoms with Crippen LogP contribution in [0, 0.1) is 30.1 Å². The van der Waals surface area contributed by atoms with Gasteiger partial charge in [-0.25, -0.2) is 9.18 Å². The Bertz CT molecular complexity index is 1110. The number of nitrogens with zero attached hydrogens (tertiary/aromatic N) is 1. The van der Waals surface area contributed by atoms with E-state index >= 15 is 0 Å². The van der Waals surface area contributed by atoms with Gasteiger partial charge in [-0.15, -0.1) is 12.3 Å². The van der Waals surface area contributed by atoms with E-state index in [-0.39, 0.29) is 42.5 Å². The molecule has 2 N–H and O–H groups in total. The molecule has 0 unspecified atom stereocenters. The zero-order valence-electron chi connectivity index (χ0n) is 18.7. The fourth-order valence-electron chi connectivity index (χ4n) is 3.09. The molecule has 0 aliphatic carbocycles. The molecule has 0 bridgehead atoms. The third kappa shape index (κ3) is 6.18. The van der Waals surface area contributed by atoms with E-state index in [4.69, 9.17) is 26.4 Å². The number of carbonyl (C=O) groups excluding carboxylic acids is 2. The summed E-state index contributed by atoms with van der Waals surface area (Å²) in [5.74, 6) is 4.37.